The van der Waals surface area contributed by atoms with Gasteiger partial charge in [0.15, 0.2) is 0 Å². The van der Waals surface area contributed by atoms with Crippen molar-refractivity contribution < 1.29 is 0 Å². The lowest BCUT2D eigenvalue weighted by Gasteiger charge is -2.04. The van der Waals surface area contributed by atoms with Crippen molar-refractivity contribution in [2.24, 2.45) is 5.92 Å². The van der Waals surface area contributed by atoms with Gasteiger partial charge in [0.25, 0.3) is 0 Å². The third-order valence-corrected chi connectivity index (χ3v) is 1.58. The van der Waals surface area contributed by atoms with E-state index in [2.05, 4.69) is 44.2 Å². The van der Waals surface area contributed by atoms with E-state index in [1.807, 2.05) is 13.8 Å². The molecule has 0 saturated carbocycles. The molecule has 0 aromatic carbocycles. The van der Waals surface area contributed by atoms with Gasteiger partial charge in [0, 0.05) is 0 Å². The third kappa shape index (κ3) is 5.96. The predicted molar refractivity (Wildman–Crippen MR) is 56.8 cm³/mol. The molecule has 0 heteroatoms. The quantitative estimate of drug-likeness (QED) is 0.551. The van der Waals surface area contributed by atoms with E-state index >= 15 is 0 Å². The first-order valence-corrected chi connectivity index (χ1v) is 4.45. The first kappa shape index (κ1) is 11.2. The van der Waals surface area contributed by atoms with Crippen LogP contribution in [0.1, 0.15) is 27.2 Å². The van der Waals surface area contributed by atoms with Gasteiger partial charge < -0.3 is 0 Å². The minimum absolute atomic E-state index is 0.517. The molecule has 67 valence electrons. The van der Waals surface area contributed by atoms with Crippen molar-refractivity contribution in [3.8, 4) is 0 Å². The van der Waals surface area contributed by atoms with Gasteiger partial charge in [-0.1, -0.05) is 36.0 Å². The Hall–Kier alpha value is -0.780. The van der Waals surface area contributed by atoms with Gasteiger partial charge in [-0.15, -0.1) is 0 Å². The molecular weight excluding hydrogens is 144 g/mol. The van der Waals surface area contributed by atoms with Crippen LogP contribution in [0.5, 0.6) is 0 Å². The van der Waals surface area contributed by atoms with Crippen LogP contribution >= 0.6 is 0 Å². The zero-order valence-corrected chi connectivity index (χ0v) is 8.38. The largest absolute Gasteiger partial charge is 0.0916 e. The highest BCUT2D eigenvalue weighted by Crippen LogP contribution is 2.10. The van der Waals surface area contributed by atoms with Crippen molar-refractivity contribution in [3.05, 3.63) is 42.9 Å². The molecule has 0 bridgehead atoms. The van der Waals surface area contributed by atoms with Gasteiger partial charge in [-0.3, -0.25) is 0 Å². The minimum Gasteiger partial charge on any atom is -0.0916 e. The summed E-state index contributed by atoms with van der Waals surface area (Å²) in [7, 11) is 0. The molecule has 0 aliphatic rings. The Morgan fingerprint density at radius 2 is 2.00 bits per heavy atom. The van der Waals surface area contributed by atoms with Crippen LogP contribution in [0.25, 0.3) is 0 Å². The molecule has 12 heavy (non-hydrogen) atoms. The van der Waals surface area contributed by atoms with Crippen LogP contribution in [0.2, 0.25) is 0 Å². The summed E-state index contributed by atoms with van der Waals surface area (Å²) < 4.78 is 0. The molecule has 0 amide bonds. The number of hydrogen-bond donors (Lipinski definition) is 0. The lowest BCUT2D eigenvalue weighted by molar-refractivity contribution is 0.823. The van der Waals surface area contributed by atoms with Crippen LogP contribution in [-0.2, 0) is 0 Å². The van der Waals surface area contributed by atoms with Crippen LogP contribution in [0.15, 0.2) is 36.0 Å². The molecule has 0 nitrogen and oxygen atoms in total. The second-order valence-electron chi connectivity index (χ2n) is 3.01. The number of hydrogen-bond acceptors (Lipinski definition) is 0. The van der Waals surface area contributed by atoms with E-state index in [-0.39, 0.29) is 0 Å². The molecule has 0 aliphatic carbocycles. The minimum atomic E-state index is 0.517. The Labute approximate surface area is 76.7 Å². The van der Waals surface area contributed by atoms with Crippen molar-refractivity contribution in [2.45, 2.75) is 27.2 Å². The zero-order chi connectivity index (χ0) is 9.40. The number of allylic oxidation sites excluding steroid dienone is 6. The Kier molecular flexibility index (Phi) is 6.45. The highest BCUT2D eigenvalue weighted by molar-refractivity contribution is 5.10. The fourth-order valence-corrected chi connectivity index (χ4v) is 1.11. The summed E-state index contributed by atoms with van der Waals surface area (Å²) in [6.45, 7) is 10.0. The van der Waals surface area contributed by atoms with Crippen LogP contribution in [0.4, 0.5) is 0 Å². The molecule has 1 unspecified atom stereocenters. The Bertz CT molecular complexity index is 178. The molecule has 0 heterocycles. The van der Waals surface area contributed by atoms with Crippen molar-refractivity contribution in [3.63, 3.8) is 0 Å². The average molecular weight is 163 g/mol. The average Bonchev–Trinajstić information content (AvgIpc) is 2.00. The molecule has 0 aromatic heterocycles. The monoisotopic (exact) mass is 163 g/mol. The molecule has 0 saturated heterocycles. The molecule has 0 spiro atoms. The normalized spacial score (nSPS) is 16.2. The summed E-state index contributed by atoms with van der Waals surface area (Å²) in [6.07, 6.45) is 11.8. The lowest BCUT2D eigenvalue weighted by atomic mass is 10.0. The zero-order valence-electron chi connectivity index (χ0n) is 8.38. The van der Waals surface area contributed by atoms with Gasteiger partial charge in [0.1, 0.15) is 0 Å². The van der Waals surface area contributed by atoms with Gasteiger partial charge in [0.2, 0.25) is 0 Å². The van der Waals surface area contributed by atoms with Crippen molar-refractivity contribution >= 4 is 0 Å². The smallest absolute Gasteiger partial charge is 0.00165 e. The Morgan fingerprint density at radius 1 is 1.33 bits per heavy atom. The lowest BCUT2D eigenvalue weighted by Crippen LogP contribution is -1.89. The summed E-state index contributed by atoms with van der Waals surface area (Å²) in [4.78, 5) is 0. The fraction of sp³-hybridized carbons (Fsp3) is 0.417. The van der Waals surface area contributed by atoms with Crippen molar-refractivity contribution in [1.29, 1.82) is 0 Å². The SMILES string of the molecule is [CH2]C(C)=CC(C=CC)CC=CC. The number of rotatable bonds is 4. The maximum absolute atomic E-state index is 3.87. The molecule has 0 rings (SSSR count). The molecule has 0 N–H and O–H groups in total. The van der Waals surface area contributed by atoms with E-state index in [4.69, 9.17) is 0 Å². The van der Waals surface area contributed by atoms with Gasteiger partial charge in [0.05, 0.1) is 0 Å². The first-order valence-electron chi connectivity index (χ1n) is 4.45. The van der Waals surface area contributed by atoms with E-state index < -0.39 is 0 Å². The van der Waals surface area contributed by atoms with Crippen molar-refractivity contribution in [1.82, 2.24) is 0 Å². The Balaban J connectivity index is 4.13. The molecule has 1 atom stereocenters. The topological polar surface area (TPSA) is 0 Å². The highest BCUT2D eigenvalue weighted by Gasteiger charge is 1.96. The van der Waals surface area contributed by atoms with Gasteiger partial charge >= 0.3 is 0 Å². The van der Waals surface area contributed by atoms with Crippen LogP contribution in [0, 0.1) is 12.8 Å². The van der Waals surface area contributed by atoms with Crippen LogP contribution < -0.4 is 0 Å². The standard InChI is InChI=1S/C12H19/c1-5-7-9-12(8-6-2)10-11(3)4/h5-8,10,12H,3,9H2,1-2,4H3. The fourth-order valence-electron chi connectivity index (χ4n) is 1.11. The van der Waals surface area contributed by atoms with E-state index in [1.165, 1.54) is 0 Å². The third-order valence-electron chi connectivity index (χ3n) is 1.58. The highest BCUT2D eigenvalue weighted by atomic mass is 14.0. The van der Waals surface area contributed by atoms with E-state index in [9.17, 15) is 0 Å². The van der Waals surface area contributed by atoms with E-state index in [0.29, 0.717) is 5.92 Å². The Morgan fingerprint density at radius 3 is 2.42 bits per heavy atom. The van der Waals surface area contributed by atoms with E-state index in [0.717, 1.165) is 12.0 Å². The van der Waals surface area contributed by atoms with Crippen LogP contribution in [-0.4, -0.2) is 0 Å². The van der Waals surface area contributed by atoms with Gasteiger partial charge in [-0.25, -0.2) is 0 Å². The maximum atomic E-state index is 3.87. The molecule has 0 fully saturated rings. The summed E-state index contributed by atoms with van der Waals surface area (Å²) >= 11 is 0. The summed E-state index contributed by atoms with van der Waals surface area (Å²) in [5, 5.41) is 0. The molecular formula is C12H19. The predicted octanol–water partition coefficient (Wildman–Crippen LogP) is 3.93. The molecule has 0 aliphatic heterocycles. The van der Waals surface area contributed by atoms with Crippen molar-refractivity contribution in [2.75, 3.05) is 0 Å². The summed E-state index contributed by atoms with van der Waals surface area (Å²) in [5.41, 5.74) is 1.14. The van der Waals surface area contributed by atoms with Crippen LogP contribution in [0.3, 0.4) is 0 Å². The summed E-state index contributed by atoms with van der Waals surface area (Å²) in [5.74, 6) is 0.517. The summed E-state index contributed by atoms with van der Waals surface area (Å²) in [6, 6.07) is 0. The second-order valence-corrected chi connectivity index (χ2v) is 3.01. The first-order chi connectivity index (χ1) is 5.70. The molecule has 1 radical (unpaired) electrons. The second kappa shape index (κ2) is 6.90. The van der Waals surface area contributed by atoms with Gasteiger partial charge in [-0.05, 0) is 40.0 Å². The van der Waals surface area contributed by atoms with Gasteiger partial charge in [-0.2, -0.15) is 0 Å². The van der Waals surface area contributed by atoms with E-state index in [1.54, 1.807) is 0 Å². The molecule has 0 aromatic rings. The maximum Gasteiger partial charge on any atom is -0.00165 e.